The van der Waals surface area contributed by atoms with Crippen molar-refractivity contribution < 1.29 is 41.3 Å². The minimum atomic E-state index is -5.08. The lowest BCUT2D eigenvalue weighted by molar-refractivity contribution is -0.192. The first kappa shape index (κ1) is 31.0. The number of carbonyl (C=O) groups is 1. The van der Waals surface area contributed by atoms with E-state index in [1.54, 1.807) is 30.3 Å². The van der Waals surface area contributed by atoms with Crippen LogP contribution in [0.2, 0.25) is 0 Å². The van der Waals surface area contributed by atoms with Crippen LogP contribution < -0.4 is 26.2 Å². The number of anilines is 1. The number of hydrogen-bond donors (Lipinski definition) is 5. The molecule has 0 spiro atoms. The van der Waals surface area contributed by atoms with E-state index in [4.69, 9.17) is 25.8 Å². The summed E-state index contributed by atoms with van der Waals surface area (Å²) in [6.07, 6.45) is -2.13. The molecule has 0 bridgehead atoms. The van der Waals surface area contributed by atoms with Crippen LogP contribution in [0.3, 0.4) is 0 Å². The molecular weight excluding hydrogens is 575 g/mol. The Morgan fingerprint density at radius 3 is 2.26 bits per heavy atom. The average molecular weight is 596 g/mol. The summed E-state index contributed by atoms with van der Waals surface area (Å²) in [7, 11) is 1.32. The van der Waals surface area contributed by atoms with E-state index in [1.165, 1.54) is 37.7 Å². The van der Waals surface area contributed by atoms with E-state index in [9.17, 15) is 26.7 Å². The zero-order valence-corrected chi connectivity index (χ0v) is 21.3. The number of aromatic amines is 1. The Balaban J connectivity index is 0.000000616. The Kier molecular flexibility index (Phi) is 9.74. The third-order valence-electron chi connectivity index (χ3n) is 5.14. The number of alkyl halides is 5. The van der Waals surface area contributed by atoms with E-state index >= 15 is 0 Å². The topological polar surface area (TPSA) is 194 Å². The van der Waals surface area contributed by atoms with Crippen molar-refractivity contribution in [3.05, 3.63) is 88.4 Å². The Bertz CT molecular complexity index is 1580. The molecule has 18 heteroatoms. The fourth-order valence-electron chi connectivity index (χ4n) is 3.29. The van der Waals surface area contributed by atoms with Gasteiger partial charge in [-0.3, -0.25) is 10.4 Å². The second kappa shape index (κ2) is 13.2. The molecule has 4 aromatic rings. The first-order chi connectivity index (χ1) is 19.8. The van der Waals surface area contributed by atoms with Crippen LogP contribution in [0.5, 0.6) is 11.5 Å². The number of nitrogens with zero attached hydrogens (tertiary/aromatic N) is 4. The fourth-order valence-corrected chi connectivity index (χ4v) is 3.29. The highest BCUT2D eigenvalue weighted by Crippen LogP contribution is 2.34. The van der Waals surface area contributed by atoms with Gasteiger partial charge in [-0.25, -0.2) is 19.6 Å². The number of aliphatic carboxylic acids is 1. The molecule has 0 fully saturated rings. The summed E-state index contributed by atoms with van der Waals surface area (Å²) in [4.78, 5) is 32.3. The summed E-state index contributed by atoms with van der Waals surface area (Å²) in [6, 6.07) is 11.9. The van der Waals surface area contributed by atoms with Gasteiger partial charge in [0.25, 0.3) is 5.95 Å². The molecule has 2 aromatic heterocycles. The zero-order chi connectivity index (χ0) is 31.0. The van der Waals surface area contributed by atoms with Crippen LogP contribution in [0.4, 0.5) is 27.6 Å². The first-order valence-electron chi connectivity index (χ1n) is 11.4. The Labute approximate surface area is 232 Å². The van der Waals surface area contributed by atoms with E-state index in [0.29, 0.717) is 16.8 Å². The maximum absolute atomic E-state index is 12.8. The summed E-state index contributed by atoms with van der Waals surface area (Å²) in [5.74, 6) is -2.65. The normalized spacial score (nSPS) is 11.7. The predicted molar refractivity (Wildman–Crippen MR) is 136 cm³/mol. The molecule has 4 rings (SSSR count). The van der Waals surface area contributed by atoms with Crippen LogP contribution in [0, 0.1) is 5.41 Å². The van der Waals surface area contributed by atoms with Crippen LogP contribution in [0.15, 0.2) is 65.7 Å². The third-order valence-corrected chi connectivity index (χ3v) is 5.14. The van der Waals surface area contributed by atoms with Crippen molar-refractivity contribution in [1.82, 2.24) is 24.7 Å². The summed E-state index contributed by atoms with van der Waals surface area (Å²) in [6.45, 7) is -3.03. The van der Waals surface area contributed by atoms with E-state index in [1.807, 2.05) is 0 Å². The molecule has 0 radical (unpaired) electrons. The lowest BCUT2D eigenvalue weighted by Gasteiger charge is -2.20. The molecule has 222 valence electrons. The maximum atomic E-state index is 12.8. The number of nitrogens with two attached hydrogens (primary N) is 1. The summed E-state index contributed by atoms with van der Waals surface area (Å²) < 4.78 is 68.0. The number of benzene rings is 2. The molecule has 2 heterocycles. The minimum Gasteiger partial charge on any atom is -0.493 e. The van der Waals surface area contributed by atoms with E-state index in [-0.39, 0.29) is 29.1 Å². The molecular formula is C24H21F5N8O5. The number of ether oxygens (including phenoxy) is 2. The van der Waals surface area contributed by atoms with Gasteiger partial charge in [0.05, 0.1) is 7.11 Å². The largest absolute Gasteiger partial charge is 0.493 e. The van der Waals surface area contributed by atoms with E-state index in [0.717, 1.165) is 4.68 Å². The second-order valence-electron chi connectivity index (χ2n) is 7.94. The highest BCUT2D eigenvalue weighted by molar-refractivity contribution is 5.95. The molecule has 6 N–H and O–H groups in total. The van der Waals surface area contributed by atoms with Crippen molar-refractivity contribution in [3.8, 4) is 17.4 Å². The number of carboxylic acid groups (broad SMARTS) is 1. The number of rotatable bonds is 9. The second-order valence-corrected chi connectivity index (χ2v) is 7.94. The summed E-state index contributed by atoms with van der Waals surface area (Å²) >= 11 is 0. The van der Waals surface area contributed by atoms with Crippen molar-refractivity contribution >= 4 is 17.5 Å². The van der Waals surface area contributed by atoms with Crippen LogP contribution in [0.25, 0.3) is 5.95 Å². The molecule has 0 saturated heterocycles. The van der Waals surface area contributed by atoms with Gasteiger partial charge in [0.2, 0.25) is 0 Å². The van der Waals surface area contributed by atoms with Gasteiger partial charge < -0.3 is 25.6 Å². The molecule has 0 aliphatic carbocycles. The van der Waals surface area contributed by atoms with E-state index < -0.39 is 30.5 Å². The van der Waals surface area contributed by atoms with Gasteiger partial charge in [0.1, 0.15) is 11.9 Å². The van der Waals surface area contributed by atoms with Crippen LogP contribution in [-0.2, 0) is 4.79 Å². The van der Waals surface area contributed by atoms with Gasteiger partial charge in [0, 0.05) is 23.6 Å². The number of nitrogens with one attached hydrogen (secondary N) is 3. The zero-order valence-electron chi connectivity index (χ0n) is 21.3. The minimum absolute atomic E-state index is 0.0645. The SMILES string of the molecule is COc1cc(C(Nc2ccc(C(=N)N)cc2)c2nn(-c3ncccn3)c(=O)[nH]2)ccc1OC(F)F.O=C(O)C(F)(F)F. The predicted octanol–water partition coefficient (Wildman–Crippen LogP) is 3.08. The van der Waals surface area contributed by atoms with Crippen LogP contribution in [0.1, 0.15) is 23.0 Å². The van der Waals surface area contributed by atoms with Crippen molar-refractivity contribution in [3.63, 3.8) is 0 Å². The molecule has 0 saturated carbocycles. The molecule has 2 aromatic carbocycles. The van der Waals surface area contributed by atoms with Gasteiger partial charge in [-0.1, -0.05) is 6.07 Å². The number of halogens is 5. The molecule has 0 aliphatic heterocycles. The molecule has 1 atom stereocenters. The molecule has 0 aliphatic rings. The van der Waals surface area contributed by atoms with Gasteiger partial charge >= 0.3 is 24.4 Å². The lowest BCUT2D eigenvalue weighted by atomic mass is 10.0. The van der Waals surface area contributed by atoms with Crippen LogP contribution >= 0.6 is 0 Å². The highest BCUT2D eigenvalue weighted by atomic mass is 19.4. The Hall–Kier alpha value is -5.55. The monoisotopic (exact) mass is 596 g/mol. The number of amidine groups is 1. The van der Waals surface area contributed by atoms with Gasteiger partial charge in [-0.2, -0.15) is 22.0 Å². The van der Waals surface area contributed by atoms with Gasteiger partial charge in [-0.15, -0.1) is 9.78 Å². The van der Waals surface area contributed by atoms with Gasteiger partial charge in [0.15, 0.2) is 17.3 Å². The molecule has 0 amide bonds. The van der Waals surface area contributed by atoms with Crippen molar-refractivity contribution in [2.45, 2.75) is 18.8 Å². The lowest BCUT2D eigenvalue weighted by Crippen LogP contribution is -2.21. The number of nitrogen functional groups attached to an aromatic ring is 1. The van der Waals surface area contributed by atoms with Crippen LogP contribution in [-0.4, -0.2) is 61.5 Å². The molecule has 1 unspecified atom stereocenters. The third kappa shape index (κ3) is 7.99. The van der Waals surface area contributed by atoms with Gasteiger partial charge in [-0.05, 0) is 48.0 Å². The quantitative estimate of drug-likeness (QED) is 0.109. The van der Waals surface area contributed by atoms with E-state index in [2.05, 4.69) is 30.1 Å². The molecule has 13 nitrogen and oxygen atoms in total. The standard InChI is InChI=1S/C22H20F2N8O3.C2HF3O2/c1-34-16-11-13(5-8-15(16)35-20(23)24)17(29-14-6-3-12(4-7-14)18(25)26)19-30-22(33)32(31-19)21-27-9-2-10-28-21;3-2(4,5)1(6)7/h2-11,17,20,29H,1H3,(H3,25,26)(H,30,31,33);(H,6,7). The Morgan fingerprint density at radius 2 is 1.74 bits per heavy atom. The Morgan fingerprint density at radius 1 is 1.12 bits per heavy atom. The number of hydrogen-bond acceptors (Lipinski definition) is 9. The average Bonchev–Trinajstić information content (AvgIpc) is 3.33. The smallest absolute Gasteiger partial charge is 0.490 e. The van der Waals surface area contributed by atoms with Crippen molar-refractivity contribution in [2.24, 2.45) is 5.73 Å². The molecule has 42 heavy (non-hydrogen) atoms. The first-order valence-corrected chi connectivity index (χ1v) is 11.4. The summed E-state index contributed by atoms with van der Waals surface area (Å²) in [5, 5.41) is 22.3. The maximum Gasteiger partial charge on any atom is 0.490 e. The number of H-pyrrole nitrogens is 1. The van der Waals surface area contributed by atoms with Crippen molar-refractivity contribution in [1.29, 1.82) is 5.41 Å². The fraction of sp³-hybridized carbons (Fsp3) is 0.167. The number of aromatic nitrogens is 5. The summed E-state index contributed by atoms with van der Waals surface area (Å²) in [5.41, 5.74) is 6.61. The number of carboxylic acids is 1. The number of methoxy groups -OCH3 is 1. The highest BCUT2D eigenvalue weighted by Gasteiger charge is 2.38. The van der Waals surface area contributed by atoms with Crippen molar-refractivity contribution in [2.75, 3.05) is 12.4 Å².